The molecular formula is C31H35ClF3N3O4S. The van der Waals surface area contributed by atoms with Crippen LogP contribution in [0.3, 0.4) is 0 Å². The van der Waals surface area contributed by atoms with Gasteiger partial charge in [-0.05, 0) is 42.2 Å². The van der Waals surface area contributed by atoms with Crippen molar-refractivity contribution in [1.29, 1.82) is 0 Å². The second-order valence-electron chi connectivity index (χ2n) is 10.8. The number of halogens is 4. The molecule has 43 heavy (non-hydrogen) atoms. The van der Waals surface area contributed by atoms with E-state index in [2.05, 4.69) is 5.32 Å². The quantitative estimate of drug-likeness (QED) is 0.270. The van der Waals surface area contributed by atoms with Crippen molar-refractivity contribution in [2.75, 3.05) is 23.7 Å². The number of carbonyl (C=O) groups excluding carboxylic acids is 2. The highest BCUT2D eigenvalue weighted by Crippen LogP contribution is 2.37. The number of anilines is 1. The lowest BCUT2D eigenvalue weighted by molar-refractivity contribution is -0.140. The number of rotatable bonds is 12. The maximum Gasteiger partial charge on any atom is 0.417 e. The molecule has 0 radical (unpaired) electrons. The van der Waals surface area contributed by atoms with Crippen LogP contribution in [0.15, 0.2) is 72.8 Å². The Bertz CT molecular complexity index is 1520. The van der Waals surface area contributed by atoms with Gasteiger partial charge in [-0.15, -0.1) is 0 Å². The highest BCUT2D eigenvalue weighted by Gasteiger charge is 2.36. The number of hydrogen-bond acceptors (Lipinski definition) is 4. The SMILES string of the molecule is Cc1ccc(CN(C(=O)CN(c2ccc(Cl)c(C(F)(F)F)c2)S(C)(=O)=O)[C@@H](Cc2ccccc2)C(=O)NCC(C)C)cc1. The van der Waals surface area contributed by atoms with Crippen molar-refractivity contribution < 1.29 is 31.2 Å². The largest absolute Gasteiger partial charge is 0.417 e. The van der Waals surface area contributed by atoms with Gasteiger partial charge >= 0.3 is 6.18 Å². The van der Waals surface area contributed by atoms with Crippen molar-refractivity contribution in [3.8, 4) is 0 Å². The number of amides is 2. The summed E-state index contributed by atoms with van der Waals surface area (Å²) >= 11 is 5.76. The molecule has 0 fully saturated rings. The van der Waals surface area contributed by atoms with Crippen LogP contribution in [0, 0.1) is 12.8 Å². The van der Waals surface area contributed by atoms with E-state index >= 15 is 0 Å². The molecule has 7 nitrogen and oxygen atoms in total. The summed E-state index contributed by atoms with van der Waals surface area (Å²) in [4.78, 5) is 29.0. The third-order valence-electron chi connectivity index (χ3n) is 6.65. The zero-order chi connectivity index (χ0) is 31.9. The maximum absolute atomic E-state index is 14.1. The van der Waals surface area contributed by atoms with Gasteiger partial charge in [0.15, 0.2) is 0 Å². The first-order valence-corrected chi connectivity index (χ1v) is 15.8. The molecule has 1 N–H and O–H groups in total. The number of benzene rings is 3. The number of carbonyl (C=O) groups is 2. The minimum Gasteiger partial charge on any atom is -0.354 e. The predicted octanol–water partition coefficient (Wildman–Crippen LogP) is 5.85. The maximum atomic E-state index is 14.1. The first-order valence-electron chi connectivity index (χ1n) is 13.6. The van der Waals surface area contributed by atoms with Crippen LogP contribution in [0.4, 0.5) is 18.9 Å². The summed E-state index contributed by atoms with van der Waals surface area (Å²) in [7, 11) is -4.25. The lowest BCUT2D eigenvalue weighted by atomic mass is 10.0. The molecule has 232 valence electrons. The zero-order valence-electron chi connectivity index (χ0n) is 24.4. The Morgan fingerprint density at radius 1 is 0.953 bits per heavy atom. The number of sulfonamides is 1. The molecule has 0 bridgehead atoms. The van der Waals surface area contributed by atoms with Crippen LogP contribution in [0.5, 0.6) is 0 Å². The summed E-state index contributed by atoms with van der Waals surface area (Å²) in [5.41, 5.74) is 0.807. The van der Waals surface area contributed by atoms with E-state index in [4.69, 9.17) is 11.6 Å². The molecule has 1 atom stereocenters. The van der Waals surface area contributed by atoms with Gasteiger partial charge in [0.25, 0.3) is 0 Å². The van der Waals surface area contributed by atoms with Crippen LogP contribution in [0.25, 0.3) is 0 Å². The molecule has 3 aromatic carbocycles. The van der Waals surface area contributed by atoms with Crippen LogP contribution in [-0.2, 0) is 38.8 Å². The van der Waals surface area contributed by atoms with Crippen LogP contribution >= 0.6 is 11.6 Å². The molecule has 0 saturated carbocycles. The van der Waals surface area contributed by atoms with Crippen LogP contribution < -0.4 is 9.62 Å². The fraction of sp³-hybridized carbons (Fsp3) is 0.355. The Hall–Kier alpha value is -3.57. The molecular weight excluding hydrogens is 603 g/mol. The van der Waals surface area contributed by atoms with Crippen molar-refractivity contribution in [2.45, 2.75) is 46.0 Å². The minimum atomic E-state index is -4.85. The highest BCUT2D eigenvalue weighted by atomic mass is 35.5. The number of aryl methyl sites for hydroxylation is 1. The van der Waals surface area contributed by atoms with Gasteiger partial charge in [0, 0.05) is 19.5 Å². The molecule has 0 aromatic heterocycles. The summed E-state index contributed by atoms with van der Waals surface area (Å²) < 4.78 is 67.2. The van der Waals surface area contributed by atoms with Gasteiger partial charge < -0.3 is 10.2 Å². The topological polar surface area (TPSA) is 86.8 Å². The fourth-order valence-electron chi connectivity index (χ4n) is 4.37. The van der Waals surface area contributed by atoms with Crippen molar-refractivity contribution in [3.05, 3.63) is 100 Å². The molecule has 0 aliphatic carbocycles. The Morgan fingerprint density at radius 2 is 1.58 bits per heavy atom. The Morgan fingerprint density at radius 3 is 2.14 bits per heavy atom. The van der Waals surface area contributed by atoms with Gasteiger partial charge in [0.05, 0.1) is 22.5 Å². The smallest absolute Gasteiger partial charge is 0.354 e. The second kappa shape index (κ2) is 14.3. The Kier molecular flexibility index (Phi) is 11.3. The van der Waals surface area contributed by atoms with Crippen molar-refractivity contribution in [2.24, 2.45) is 5.92 Å². The van der Waals surface area contributed by atoms with Crippen molar-refractivity contribution in [1.82, 2.24) is 10.2 Å². The second-order valence-corrected chi connectivity index (χ2v) is 13.1. The van der Waals surface area contributed by atoms with E-state index in [-0.39, 0.29) is 24.6 Å². The number of alkyl halides is 3. The molecule has 0 spiro atoms. The van der Waals surface area contributed by atoms with E-state index in [0.29, 0.717) is 22.5 Å². The van der Waals surface area contributed by atoms with Gasteiger partial charge in [-0.25, -0.2) is 8.42 Å². The van der Waals surface area contributed by atoms with Gasteiger partial charge in [-0.1, -0.05) is 85.6 Å². The van der Waals surface area contributed by atoms with Crippen LogP contribution in [0.2, 0.25) is 5.02 Å². The first kappa shape index (κ1) is 33.9. The lowest BCUT2D eigenvalue weighted by Crippen LogP contribution is -2.53. The Balaban J connectivity index is 2.09. The molecule has 12 heteroatoms. The first-order chi connectivity index (χ1) is 20.1. The van der Waals surface area contributed by atoms with Crippen molar-refractivity contribution in [3.63, 3.8) is 0 Å². The fourth-order valence-corrected chi connectivity index (χ4v) is 5.43. The lowest BCUT2D eigenvalue weighted by Gasteiger charge is -2.33. The zero-order valence-corrected chi connectivity index (χ0v) is 25.9. The Labute approximate surface area is 255 Å². The number of nitrogens with zero attached hydrogens (tertiary/aromatic N) is 2. The summed E-state index contributed by atoms with van der Waals surface area (Å²) in [6.45, 7) is 5.21. The van der Waals surface area contributed by atoms with Gasteiger partial charge in [-0.2, -0.15) is 13.2 Å². The molecule has 2 amide bonds. The predicted molar refractivity (Wildman–Crippen MR) is 162 cm³/mol. The summed E-state index contributed by atoms with van der Waals surface area (Å²) in [6.07, 6.45) is -3.93. The van der Waals surface area contributed by atoms with E-state index in [1.54, 1.807) is 24.3 Å². The molecule has 0 saturated heterocycles. The summed E-state index contributed by atoms with van der Waals surface area (Å²) in [5, 5.41) is 2.26. The monoisotopic (exact) mass is 637 g/mol. The van der Waals surface area contributed by atoms with Crippen LogP contribution in [0.1, 0.15) is 36.1 Å². The number of nitrogens with one attached hydrogen (secondary N) is 1. The summed E-state index contributed by atoms with van der Waals surface area (Å²) in [6, 6.07) is 17.9. The van der Waals surface area contributed by atoms with E-state index in [1.807, 2.05) is 51.1 Å². The normalized spacial score (nSPS) is 12.6. The number of hydrogen-bond donors (Lipinski definition) is 1. The molecule has 0 aliphatic rings. The highest BCUT2D eigenvalue weighted by molar-refractivity contribution is 7.92. The van der Waals surface area contributed by atoms with E-state index in [1.165, 1.54) is 4.90 Å². The van der Waals surface area contributed by atoms with Crippen LogP contribution in [-0.4, -0.2) is 50.5 Å². The summed E-state index contributed by atoms with van der Waals surface area (Å²) in [5.74, 6) is -1.08. The molecule has 3 rings (SSSR count). The molecule has 3 aromatic rings. The van der Waals surface area contributed by atoms with Crippen molar-refractivity contribution >= 4 is 39.1 Å². The van der Waals surface area contributed by atoms with E-state index in [0.717, 1.165) is 29.5 Å². The molecule has 0 heterocycles. The van der Waals surface area contributed by atoms with E-state index in [9.17, 15) is 31.2 Å². The average molecular weight is 638 g/mol. The average Bonchev–Trinajstić information content (AvgIpc) is 2.93. The third kappa shape index (κ3) is 9.72. The molecule has 0 unspecified atom stereocenters. The molecule has 0 aliphatic heterocycles. The van der Waals surface area contributed by atoms with Gasteiger partial charge in [-0.3, -0.25) is 13.9 Å². The third-order valence-corrected chi connectivity index (χ3v) is 8.12. The minimum absolute atomic E-state index is 0.0439. The van der Waals surface area contributed by atoms with Gasteiger partial charge in [0.2, 0.25) is 21.8 Å². The van der Waals surface area contributed by atoms with Gasteiger partial charge in [0.1, 0.15) is 12.6 Å². The van der Waals surface area contributed by atoms with E-state index < -0.39 is 51.2 Å². The standard InChI is InChI=1S/C31H35ClF3N3O4S/c1-21(2)18-36-30(40)28(16-23-8-6-5-7-9-23)37(19-24-12-10-22(3)11-13-24)29(39)20-38(43(4,41)42)25-14-15-27(32)26(17-25)31(33,34)35/h5-15,17,21,28H,16,18-20H2,1-4H3,(H,36,40)/t28-/m0/s1.